The summed E-state index contributed by atoms with van der Waals surface area (Å²) in [7, 11) is 0. The predicted octanol–water partition coefficient (Wildman–Crippen LogP) is 3.39. The molecular formula is C19H21N3O2. The molecule has 3 rings (SSSR count). The lowest BCUT2D eigenvalue weighted by Crippen LogP contribution is -2.14. The topological polar surface area (TPSA) is 67.2 Å². The molecule has 24 heavy (non-hydrogen) atoms. The number of carbonyl (C=O) groups is 1. The Hall–Kier alpha value is -2.66. The Labute approximate surface area is 141 Å². The van der Waals surface area contributed by atoms with Gasteiger partial charge in [-0.3, -0.25) is 10.0 Å². The third kappa shape index (κ3) is 3.46. The predicted molar refractivity (Wildman–Crippen MR) is 94.5 cm³/mol. The van der Waals surface area contributed by atoms with Crippen LogP contribution in [0.15, 0.2) is 48.1 Å². The molecule has 1 aliphatic rings. The zero-order valence-corrected chi connectivity index (χ0v) is 13.7. The highest BCUT2D eigenvalue weighted by atomic mass is 16.5. The van der Waals surface area contributed by atoms with E-state index in [-0.39, 0.29) is 0 Å². The smallest absolute Gasteiger partial charge is 0.267 e. The van der Waals surface area contributed by atoms with Gasteiger partial charge in [0.2, 0.25) is 0 Å². The molecule has 0 fully saturated rings. The first-order valence-electron chi connectivity index (χ1n) is 8.17. The Morgan fingerprint density at radius 1 is 1.46 bits per heavy atom. The lowest BCUT2D eigenvalue weighted by atomic mass is 10.0. The summed E-state index contributed by atoms with van der Waals surface area (Å²) in [5.41, 5.74) is 5.88. The van der Waals surface area contributed by atoms with Gasteiger partial charge in [0, 0.05) is 19.0 Å². The van der Waals surface area contributed by atoms with Crippen molar-refractivity contribution in [3.05, 3.63) is 59.5 Å². The Bertz CT molecular complexity index is 844. The van der Waals surface area contributed by atoms with E-state index in [1.165, 1.54) is 11.6 Å². The molecule has 2 aromatic rings. The number of nitrogens with zero attached hydrogens (tertiary/aromatic N) is 2. The van der Waals surface area contributed by atoms with Gasteiger partial charge in [0.1, 0.15) is 5.82 Å². The summed E-state index contributed by atoms with van der Waals surface area (Å²) in [5.74, 6) is 0.524. The van der Waals surface area contributed by atoms with Crippen molar-refractivity contribution in [1.29, 1.82) is 0 Å². The molecule has 0 saturated carbocycles. The van der Waals surface area contributed by atoms with E-state index in [9.17, 15) is 4.79 Å². The molecule has 124 valence electrons. The van der Waals surface area contributed by atoms with Crippen LogP contribution in [-0.4, -0.2) is 20.7 Å². The summed E-state index contributed by atoms with van der Waals surface area (Å²) < 4.78 is 2.24. The Balaban J connectivity index is 1.93. The molecule has 1 aliphatic carbocycles. The van der Waals surface area contributed by atoms with Crippen molar-refractivity contribution in [1.82, 2.24) is 15.0 Å². The van der Waals surface area contributed by atoms with Crippen molar-refractivity contribution in [2.75, 3.05) is 0 Å². The minimum absolute atomic E-state index is 0.549. The number of hydrogen-bond donors (Lipinski definition) is 2. The normalized spacial score (nSPS) is 14.3. The summed E-state index contributed by atoms with van der Waals surface area (Å²) in [6.07, 6.45) is 12.5. The van der Waals surface area contributed by atoms with Crippen LogP contribution in [0, 0.1) is 0 Å². The van der Waals surface area contributed by atoms with E-state index >= 15 is 0 Å². The summed E-state index contributed by atoms with van der Waals surface area (Å²) >= 11 is 0. The number of fused-ring (bicyclic) bond motifs is 1. The maximum absolute atomic E-state index is 11.1. The van der Waals surface area contributed by atoms with Gasteiger partial charge in [-0.2, -0.15) is 0 Å². The van der Waals surface area contributed by atoms with Crippen molar-refractivity contribution in [3.8, 4) is 0 Å². The number of hydroxylamine groups is 1. The molecule has 2 N–H and O–H groups in total. The first kappa shape index (κ1) is 16.2. The number of amides is 1. The van der Waals surface area contributed by atoms with E-state index in [0.717, 1.165) is 48.2 Å². The molecule has 1 heterocycles. The first-order chi connectivity index (χ1) is 11.7. The maximum atomic E-state index is 11.1. The van der Waals surface area contributed by atoms with Gasteiger partial charge < -0.3 is 4.57 Å². The van der Waals surface area contributed by atoms with E-state index in [1.54, 1.807) is 11.6 Å². The summed E-state index contributed by atoms with van der Waals surface area (Å²) in [4.78, 5) is 15.9. The van der Waals surface area contributed by atoms with Crippen LogP contribution in [0.25, 0.3) is 17.1 Å². The van der Waals surface area contributed by atoms with Gasteiger partial charge in [0.05, 0.1) is 11.0 Å². The fourth-order valence-corrected chi connectivity index (χ4v) is 3.00. The van der Waals surface area contributed by atoms with Crippen LogP contribution in [0.5, 0.6) is 0 Å². The molecule has 1 amide bonds. The van der Waals surface area contributed by atoms with Crippen LogP contribution in [-0.2, 0) is 17.8 Å². The highest BCUT2D eigenvalue weighted by Crippen LogP contribution is 2.23. The van der Waals surface area contributed by atoms with E-state index in [2.05, 4.69) is 29.7 Å². The number of nitrogens with one attached hydrogen (secondary N) is 1. The summed E-state index contributed by atoms with van der Waals surface area (Å²) in [6, 6.07) is 5.94. The van der Waals surface area contributed by atoms with Crippen LogP contribution in [0.2, 0.25) is 0 Å². The van der Waals surface area contributed by atoms with E-state index in [0.29, 0.717) is 0 Å². The molecule has 1 aromatic heterocycles. The van der Waals surface area contributed by atoms with Crippen LogP contribution in [0.3, 0.4) is 0 Å². The molecule has 5 heteroatoms. The van der Waals surface area contributed by atoms with Crippen molar-refractivity contribution in [2.45, 2.75) is 32.7 Å². The number of imidazole rings is 1. The quantitative estimate of drug-likeness (QED) is 0.503. The number of benzene rings is 1. The van der Waals surface area contributed by atoms with E-state index < -0.39 is 5.91 Å². The average Bonchev–Trinajstić information content (AvgIpc) is 2.96. The Morgan fingerprint density at radius 2 is 2.33 bits per heavy atom. The average molecular weight is 323 g/mol. The zero-order valence-electron chi connectivity index (χ0n) is 13.7. The van der Waals surface area contributed by atoms with Crippen molar-refractivity contribution in [2.24, 2.45) is 0 Å². The van der Waals surface area contributed by atoms with E-state index in [4.69, 9.17) is 10.2 Å². The second-order valence-corrected chi connectivity index (χ2v) is 5.80. The molecule has 1 aromatic carbocycles. The molecule has 0 saturated heterocycles. The van der Waals surface area contributed by atoms with Gasteiger partial charge >= 0.3 is 0 Å². The largest absolute Gasteiger partial charge is 0.328 e. The fourth-order valence-electron chi connectivity index (χ4n) is 3.00. The number of carbonyl (C=O) groups excluding carboxylic acids is 1. The number of hydrogen-bond acceptors (Lipinski definition) is 3. The van der Waals surface area contributed by atoms with Gasteiger partial charge in [-0.25, -0.2) is 10.5 Å². The van der Waals surface area contributed by atoms with Crippen LogP contribution in [0.4, 0.5) is 0 Å². The number of aromatic nitrogens is 2. The monoisotopic (exact) mass is 323 g/mol. The van der Waals surface area contributed by atoms with Crippen molar-refractivity contribution in [3.63, 3.8) is 0 Å². The molecule has 0 spiro atoms. The van der Waals surface area contributed by atoms with E-state index in [1.807, 2.05) is 18.2 Å². The van der Waals surface area contributed by atoms with Crippen LogP contribution in [0.1, 0.15) is 31.2 Å². The molecule has 0 bridgehead atoms. The molecule has 0 radical (unpaired) electrons. The molecule has 0 aliphatic heterocycles. The second-order valence-electron chi connectivity index (χ2n) is 5.80. The minimum Gasteiger partial charge on any atom is -0.328 e. The highest BCUT2D eigenvalue weighted by molar-refractivity contribution is 5.91. The summed E-state index contributed by atoms with van der Waals surface area (Å²) in [5, 5.41) is 8.54. The third-order valence-corrected chi connectivity index (χ3v) is 4.19. The number of aryl methyl sites for hydroxylation is 1. The highest BCUT2D eigenvalue weighted by Gasteiger charge is 2.12. The van der Waals surface area contributed by atoms with Gasteiger partial charge in [0.25, 0.3) is 5.91 Å². The summed E-state index contributed by atoms with van der Waals surface area (Å²) in [6.45, 7) is 3.00. The molecule has 0 atom stereocenters. The van der Waals surface area contributed by atoms with Crippen LogP contribution >= 0.6 is 0 Å². The van der Waals surface area contributed by atoms with Crippen molar-refractivity contribution < 1.29 is 10.0 Å². The lowest BCUT2D eigenvalue weighted by molar-refractivity contribution is -0.124. The SMILES string of the molecule is CCn1c(CC2=CC=CCC2)nc2cc(/C=C/C(=O)NO)ccc21. The first-order valence-corrected chi connectivity index (χ1v) is 8.17. The van der Waals surface area contributed by atoms with Crippen LogP contribution < -0.4 is 5.48 Å². The molecular weight excluding hydrogens is 302 g/mol. The van der Waals surface area contributed by atoms with Crippen molar-refractivity contribution >= 4 is 23.0 Å². The van der Waals surface area contributed by atoms with Gasteiger partial charge in [-0.05, 0) is 43.5 Å². The van der Waals surface area contributed by atoms with Gasteiger partial charge in [0.15, 0.2) is 0 Å². The third-order valence-electron chi connectivity index (χ3n) is 4.19. The minimum atomic E-state index is -0.549. The fraction of sp³-hybridized carbons (Fsp3) is 0.263. The lowest BCUT2D eigenvalue weighted by Gasteiger charge is -2.10. The number of rotatable bonds is 5. The second kappa shape index (κ2) is 7.27. The standard InChI is InChI=1S/C19H21N3O2/c1-2-22-17-10-8-15(9-11-19(23)21-24)12-16(17)20-18(22)13-14-6-4-3-5-7-14/h3-4,6,8-12,24H,2,5,7,13H2,1H3,(H,21,23)/b11-9+. The van der Waals surface area contributed by atoms with Gasteiger partial charge in [-0.1, -0.05) is 29.9 Å². The Kier molecular flexibility index (Phi) is 4.91. The molecule has 5 nitrogen and oxygen atoms in total. The Morgan fingerprint density at radius 3 is 3.04 bits per heavy atom. The molecule has 0 unspecified atom stereocenters. The maximum Gasteiger partial charge on any atom is 0.267 e. The number of allylic oxidation sites excluding steroid dienone is 4. The van der Waals surface area contributed by atoms with Gasteiger partial charge in [-0.15, -0.1) is 0 Å². The zero-order chi connectivity index (χ0) is 16.9.